The Hall–Kier alpha value is -1.80. The van der Waals surface area contributed by atoms with Crippen molar-refractivity contribution < 1.29 is 4.39 Å². The number of nitrogen functional groups attached to an aromatic ring is 1. The fraction of sp³-hybridized carbons (Fsp3) is 0. The molecule has 3 nitrogen and oxygen atoms in total. The molecule has 1 aromatic heterocycles. The summed E-state index contributed by atoms with van der Waals surface area (Å²) in [5, 5.41) is 7.69. The molecule has 3 rings (SSSR count). The number of H-pyrrole nitrogens is 1. The normalized spacial score (nSPS) is 11.0. The molecule has 0 bridgehead atoms. The maximum atomic E-state index is 13.7. The van der Waals surface area contributed by atoms with Crippen LogP contribution in [0.25, 0.3) is 22.0 Å². The summed E-state index contributed by atoms with van der Waals surface area (Å²) in [6.07, 6.45) is 0. The Morgan fingerprint density at radius 3 is 2.56 bits per heavy atom. The molecule has 0 aliphatic rings. The molecular formula is C13H11AsFN3. The number of anilines is 1. The Kier molecular flexibility index (Phi) is 2.60. The van der Waals surface area contributed by atoms with Gasteiger partial charge in [0.15, 0.2) is 0 Å². The first kappa shape index (κ1) is 11.3. The van der Waals surface area contributed by atoms with Gasteiger partial charge in [-0.15, -0.1) is 0 Å². The van der Waals surface area contributed by atoms with Crippen LogP contribution < -0.4 is 10.2 Å². The first-order valence-electron chi connectivity index (χ1n) is 5.45. The second-order valence-electron chi connectivity index (χ2n) is 4.08. The van der Waals surface area contributed by atoms with Gasteiger partial charge in [0.2, 0.25) is 0 Å². The Bertz CT molecular complexity index is 719. The van der Waals surface area contributed by atoms with Crippen LogP contribution in [-0.2, 0) is 0 Å². The van der Waals surface area contributed by atoms with E-state index < -0.39 is 0 Å². The molecule has 0 spiro atoms. The molecule has 0 saturated carbocycles. The van der Waals surface area contributed by atoms with Crippen LogP contribution in [0.15, 0.2) is 36.4 Å². The van der Waals surface area contributed by atoms with Gasteiger partial charge in [0.05, 0.1) is 0 Å². The van der Waals surface area contributed by atoms with Gasteiger partial charge < -0.3 is 0 Å². The van der Waals surface area contributed by atoms with E-state index >= 15 is 0 Å². The van der Waals surface area contributed by atoms with Crippen LogP contribution in [0.3, 0.4) is 0 Å². The Morgan fingerprint density at radius 2 is 1.83 bits per heavy atom. The van der Waals surface area contributed by atoms with Crippen LogP contribution in [0.2, 0.25) is 0 Å². The summed E-state index contributed by atoms with van der Waals surface area (Å²) in [4.78, 5) is 0. The number of hydrogen-bond donors (Lipinski definition) is 2. The number of nitrogens with one attached hydrogen (secondary N) is 1. The fourth-order valence-corrected chi connectivity index (χ4v) is 2.79. The van der Waals surface area contributed by atoms with E-state index in [0.717, 1.165) is 21.0 Å². The third kappa shape index (κ3) is 1.70. The summed E-state index contributed by atoms with van der Waals surface area (Å²) in [7, 11) is 0. The number of fused-ring (bicyclic) bond motifs is 1. The third-order valence-corrected chi connectivity index (χ3v) is 3.80. The van der Waals surface area contributed by atoms with Gasteiger partial charge in [-0.25, -0.2) is 0 Å². The predicted octanol–water partition coefficient (Wildman–Crippen LogP) is 1.21. The van der Waals surface area contributed by atoms with Crippen LogP contribution in [0.4, 0.5) is 10.1 Å². The molecule has 5 heteroatoms. The zero-order valence-electron chi connectivity index (χ0n) is 9.44. The molecule has 2 aromatic carbocycles. The van der Waals surface area contributed by atoms with Gasteiger partial charge in [-0.3, -0.25) is 0 Å². The molecule has 0 saturated heterocycles. The molecule has 0 fully saturated rings. The Labute approximate surface area is 112 Å². The zero-order valence-corrected chi connectivity index (χ0v) is 11.9. The summed E-state index contributed by atoms with van der Waals surface area (Å²) in [5.74, 6) is -0.277. The van der Waals surface area contributed by atoms with E-state index in [9.17, 15) is 4.39 Å². The van der Waals surface area contributed by atoms with Crippen molar-refractivity contribution in [2.45, 2.75) is 0 Å². The van der Waals surface area contributed by atoms with Gasteiger partial charge in [-0.1, -0.05) is 0 Å². The molecule has 0 aliphatic heterocycles. The summed E-state index contributed by atoms with van der Waals surface area (Å²) < 4.78 is 14.5. The molecule has 90 valence electrons. The number of benzene rings is 2. The van der Waals surface area contributed by atoms with Gasteiger partial charge in [0, 0.05) is 0 Å². The average molecular weight is 303 g/mol. The summed E-state index contributed by atoms with van der Waals surface area (Å²) in [6, 6.07) is 10.8. The molecule has 0 radical (unpaired) electrons. The van der Waals surface area contributed by atoms with Crippen molar-refractivity contribution in [1.29, 1.82) is 0 Å². The fourth-order valence-electron chi connectivity index (χ4n) is 2.03. The van der Waals surface area contributed by atoms with Crippen molar-refractivity contribution in [2.24, 2.45) is 0 Å². The van der Waals surface area contributed by atoms with E-state index in [0.29, 0.717) is 11.2 Å². The first-order chi connectivity index (χ1) is 8.66. The molecule has 1 unspecified atom stereocenters. The van der Waals surface area contributed by atoms with E-state index in [1.165, 1.54) is 22.9 Å². The molecule has 3 N–H and O–H groups in total. The monoisotopic (exact) mass is 303 g/mol. The second kappa shape index (κ2) is 4.14. The zero-order chi connectivity index (χ0) is 12.7. The van der Waals surface area contributed by atoms with Crippen LogP contribution in [0.1, 0.15) is 0 Å². The van der Waals surface area contributed by atoms with Crippen LogP contribution in [-0.4, -0.2) is 27.1 Å². The quantitative estimate of drug-likeness (QED) is 0.524. The molecule has 3 aromatic rings. The Morgan fingerprint density at radius 1 is 1.11 bits per heavy atom. The van der Waals surface area contributed by atoms with Gasteiger partial charge in [0.1, 0.15) is 0 Å². The minimum absolute atomic E-state index is 0.277. The van der Waals surface area contributed by atoms with Gasteiger partial charge >= 0.3 is 112 Å². The summed E-state index contributed by atoms with van der Waals surface area (Å²) in [5.41, 5.74) is 8.83. The molecule has 0 amide bonds. The number of aromatic amines is 1. The Balaban J connectivity index is 2.32. The van der Waals surface area contributed by atoms with Crippen LogP contribution >= 0.6 is 0 Å². The van der Waals surface area contributed by atoms with Gasteiger partial charge in [-0.2, -0.15) is 0 Å². The van der Waals surface area contributed by atoms with Crippen molar-refractivity contribution >= 4 is 37.9 Å². The number of nitrogens with two attached hydrogens (primary N) is 1. The predicted molar refractivity (Wildman–Crippen MR) is 74.1 cm³/mol. The van der Waals surface area contributed by atoms with Gasteiger partial charge in [-0.05, 0) is 0 Å². The molecular weight excluding hydrogens is 292 g/mol. The van der Waals surface area contributed by atoms with Crippen molar-refractivity contribution in [1.82, 2.24) is 10.2 Å². The standard InChI is InChI=1S/C13H11AsFN3/c14-13-11-9(7-1-3-8(16)4-2-7)5-6-10(15)12(11)17-18-13/h1-6H,14,16H2,(H,17,18). The van der Waals surface area contributed by atoms with Gasteiger partial charge in [0.25, 0.3) is 0 Å². The van der Waals surface area contributed by atoms with E-state index in [1.807, 2.05) is 24.3 Å². The summed E-state index contributed by atoms with van der Waals surface area (Å²) >= 11 is 1.37. The summed E-state index contributed by atoms with van der Waals surface area (Å²) in [6.45, 7) is 0. The molecule has 18 heavy (non-hydrogen) atoms. The van der Waals surface area contributed by atoms with E-state index in [4.69, 9.17) is 5.73 Å². The number of rotatable bonds is 1. The maximum absolute atomic E-state index is 13.7. The average Bonchev–Trinajstić information content (AvgIpc) is 2.75. The third-order valence-electron chi connectivity index (χ3n) is 2.92. The van der Waals surface area contributed by atoms with Crippen LogP contribution in [0.5, 0.6) is 0 Å². The number of aromatic nitrogens is 2. The second-order valence-corrected chi connectivity index (χ2v) is 5.22. The molecule has 1 heterocycles. The number of hydrogen-bond acceptors (Lipinski definition) is 2. The van der Waals surface area contributed by atoms with Crippen LogP contribution in [0, 0.1) is 5.82 Å². The van der Waals surface area contributed by atoms with Crippen molar-refractivity contribution in [3.63, 3.8) is 0 Å². The van der Waals surface area contributed by atoms with E-state index in [2.05, 4.69) is 10.2 Å². The number of nitrogens with zero attached hydrogens (tertiary/aromatic N) is 1. The molecule has 0 aliphatic carbocycles. The number of halogens is 1. The molecule has 1 atom stereocenters. The topological polar surface area (TPSA) is 54.7 Å². The SMILES string of the molecule is Nc1ccc(-c2ccc(F)c3[nH]nc([AsH2])c23)cc1. The van der Waals surface area contributed by atoms with Crippen molar-refractivity contribution in [3.8, 4) is 11.1 Å². The van der Waals surface area contributed by atoms with E-state index in [1.54, 1.807) is 6.07 Å². The van der Waals surface area contributed by atoms with Crippen molar-refractivity contribution in [2.75, 3.05) is 5.73 Å². The first-order valence-corrected chi connectivity index (χ1v) is 6.66. The minimum atomic E-state index is -0.277. The van der Waals surface area contributed by atoms with Crippen molar-refractivity contribution in [3.05, 3.63) is 42.2 Å². The van der Waals surface area contributed by atoms with E-state index in [-0.39, 0.29) is 5.82 Å².